The van der Waals surface area contributed by atoms with E-state index in [-0.39, 0.29) is 18.0 Å². The predicted octanol–water partition coefficient (Wildman–Crippen LogP) is 2.79. The van der Waals surface area contributed by atoms with Crippen molar-refractivity contribution in [1.82, 2.24) is 10.6 Å². The quantitative estimate of drug-likeness (QED) is 0.847. The van der Waals surface area contributed by atoms with Gasteiger partial charge in [0.2, 0.25) is 5.91 Å². The fourth-order valence-corrected chi connectivity index (χ4v) is 2.84. The van der Waals surface area contributed by atoms with Gasteiger partial charge in [-0.2, -0.15) is 0 Å². The lowest BCUT2D eigenvalue weighted by Crippen LogP contribution is -2.46. The maximum atomic E-state index is 12.2. The zero-order valence-electron chi connectivity index (χ0n) is 13.2. The van der Waals surface area contributed by atoms with Gasteiger partial charge in [0.15, 0.2) is 0 Å². The number of carbonyl (C=O) groups is 1. The van der Waals surface area contributed by atoms with Crippen molar-refractivity contribution in [2.24, 2.45) is 0 Å². The van der Waals surface area contributed by atoms with Crippen molar-refractivity contribution in [3.63, 3.8) is 0 Å². The second kappa shape index (κ2) is 7.46. The van der Waals surface area contributed by atoms with E-state index < -0.39 is 0 Å². The molecule has 1 fully saturated rings. The molecular formula is C17H26N2O2. The van der Waals surface area contributed by atoms with Crippen molar-refractivity contribution in [3.8, 4) is 5.75 Å². The Morgan fingerprint density at radius 1 is 1.19 bits per heavy atom. The molecule has 1 aliphatic rings. The SMILES string of the molecule is COc1ccc([C@H](C)NC(C)C(=O)NC2CCCC2)cc1. The van der Waals surface area contributed by atoms with Gasteiger partial charge in [0.05, 0.1) is 13.2 Å². The van der Waals surface area contributed by atoms with Gasteiger partial charge in [-0.1, -0.05) is 25.0 Å². The zero-order valence-corrected chi connectivity index (χ0v) is 13.2. The van der Waals surface area contributed by atoms with E-state index in [9.17, 15) is 4.79 Å². The third-order valence-electron chi connectivity index (χ3n) is 4.21. The second-order valence-corrected chi connectivity index (χ2v) is 5.87. The summed E-state index contributed by atoms with van der Waals surface area (Å²) in [5.41, 5.74) is 1.15. The highest BCUT2D eigenvalue weighted by atomic mass is 16.5. The molecule has 1 aromatic rings. The van der Waals surface area contributed by atoms with Crippen LogP contribution in [0.2, 0.25) is 0 Å². The Labute approximate surface area is 127 Å². The highest BCUT2D eigenvalue weighted by Crippen LogP contribution is 2.19. The minimum absolute atomic E-state index is 0.0993. The van der Waals surface area contributed by atoms with Crippen LogP contribution in [0, 0.1) is 0 Å². The summed E-state index contributed by atoms with van der Waals surface area (Å²) in [6.07, 6.45) is 4.70. The number of hydrogen-bond acceptors (Lipinski definition) is 3. The van der Waals surface area contributed by atoms with E-state index in [0.717, 1.165) is 24.2 Å². The molecule has 21 heavy (non-hydrogen) atoms. The minimum atomic E-state index is -0.192. The second-order valence-electron chi connectivity index (χ2n) is 5.87. The van der Waals surface area contributed by atoms with Crippen LogP contribution >= 0.6 is 0 Å². The molecule has 1 aromatic carbocycles. The topological polar surface area (TPSA) is 50.4 Å². The molecule has 2 atom stereocenters. The van der Waals surface area contributed by atoms with Gasteiger partial charge in [0.1, 0.15) is 5.75 Å². The summed E-state index contributed by atoms with van der Waals surface area (Å²) in [7, 11) is 1.66. The average Bonchev–Trinajstić information content (AvgIpc) is 3.00. The summed E-state index contributed by atoms with van der Waals surface area (Å²) in [5, 5.41) is 6.49. The molecule has 1 unspecified atom stereocenters. The molecule has 116 valence electrons. The number of hydrogen-bond donors (Lipinski definition) is 2. The normalized spacial score (nSPS) is 18.2. The number of rotatable bonds is 6. The lowest BCUT2D eigenvalue weighted by molar-refractivity contribution is -0.123. The maximum absolute atomic E-state index is 12.2. The first-order valence-corrected chi connectivity index (χ1v) is 7.80. The van der Waals surface area contributed by atoms with E-state index in [1.807, 2.05) is 31.2 Å². The van der Waals surface area contributed by atoms with Crippen molar-refractivity contribution in [1.29, 1.82) is 0 Å². The molecule has 1 saturated carbocycles. The summed E-state index contributed by atoms with van der Waals surface area (Å²) < 4.78 is 5.16. The van der Waals surface area contributed by atoms with Crippen LogP contribution in [-0.2, 0) is 4.79 Å². The molecule has 0 spiro atoms. The average molecular weight is 290 g/mol. The number of amides is 1. The first-order chi connectivity index (χ1) is 10.1. The van der Waals surface area contributed by atoms with Gasteiger partial charge in [-0.25, -0.2) is 0 Å². The number of carbonyl (C=O) groups excluding carboxylic acids is 1. The van der Waals surface area contributed by atoms with E-state index in [4.69, 9.17) is 4.74 Å². The minimum Gasteiger partial charge on any atom is -0.497 e. The number of methoxy groups -OCH3 is 1. The molecule has 2 rings (SSSR count). The molecule has 2 N–H and O–H groups in total. The molecule has 0 radical (unpaired) electrons. The van der Waals surface area contributed by atoms with E-state index in [2.05, 4.69) is 17.6 Å². The molecular weight excluding hydrogens is 264 g/mol. The summed E-state index contributed by atoms with van der Waals surface area (Å²) in [6, 6.07) is 8.24. The molecule has 4 heteroatoms. The van der Waals surface area contributed by atoms with Crippen LogP contribution in [-0.4, -0.2) is 25.1 Å². The molecule has 1 aliphatic carbocycles. The molecule has 0 aromatic heterocycles. The molecule has 4 nitrogen and oxygen atoms in total. The Hall–Kier alpha value is -1.55. The predicted molar refractivity (Wildman–Crippen MR) is 84.4 cm³/mol. The molecule has 0 heterocycles. The van der Waals surface area contributed by atoms with Crippen molar-refractivity contribution in [2.75, 3.05) is 7.11 Å². The smallest absolute Gasteiger partial charge is 0.237 e. The molecule has 0 bridgehead atoms. The molecule has 0 saturated heterocycles. The Morgan fingerprint density at radius 2 is 1.81 bits per heavy atom. The van der Waals surface area contributed by atoms with Gasteiger partial charge in [0, 0.05) is 12.1 Å². The Kier molecular flexibility index (Phi) is 5.62. The van der Waals surface area contributed by atoms with Gasteiger partial charge in [-0.05, 0) is 44.4 Å². The van der Waals surface area contributed by atoms with Crippen LogP contribution in [0.1, 0.15) is 51.1 Å². The highest BCUT2D eigenvalue weighted by molar-refractivity contribution is 5.81. The largest absolute Gasteiger partial charge is 0.497 e. The number of benzene rings is 1. The Morgan fingerprint density at radius 3 is 2.38 bits per heavy atom. The Bertz CT molecular complexity index is 452. The van der Waals surface area contributed by atoms with Crippen molar-refractivity contribution < 1.29 is 9.53 Å². The van der Waals surface area contributed by atoms with Crippen molar-refractivity contribution in [2.45, 2.75) is 57.7 Å². The van der Waals surface area contributed by atoms with E-state index in [1.54, 1.807) is 7.11 Å². The monoisotopic (exact) mass is 290 g/mol. The maximum Gasteiger partial charge on any atom is 0.237 e. The molecule has 1 amide bonds. The van der Waals surface area contributed by atoms with Crippen LogP contribution in [0.3, 0.4) is 0 Å². The zero-order chi connectivity index (χ0) is 15.2. The Balaban J connectivity index is 1.84. The first-order valence-electron chi connectivity index (χ1n) is 7.80. The van der Waals surface area contributed by atoms with E-state index in [0.29, 0.717) is 6.04 Å². The standard InChI is InChI=1S/C17H26N2O2/c1-12(14-8-10-16(21-3)11-9-14)18-13(2)17(20)19-15-6-4-5-7-15/h8-13,15,18H,4-7H2,1-3H3,(H,19,20)/t12-,13?/m0/s1. The van der Waals surface area contributed by atoms with Crippen molar-refractivity contribution >= 4 is 5.91 Å². The van der Waals surface area contributed by atoms with Gasteiger partial charge < -0.3 is 10.1 Å². The summed E-state index contributed by atoms with van der Waals surface area (Å²) >= 11 is 0. The summed E-state index contributed by atoms with van der Waals surface area (Å²) in [6.45, 7) is 3.99. The first kappa shape index (κ1) is 15.8. The lowest BCUT2D eigenvalue weighted by Gasteiger charge is -2.22. The van der Waals surface area contributed by atoms with Crippen LogP contribution in [0.5, 0.6) is 5.75 Å². The van der Waals surface area contributed by atoms with Crippen LogP contribution in [0.4, 0.5) is 0 Å². The van der Waals surface area contributed by atoms with E-state index in [1.165, 1.54) is 12.8 Å². The number of ether oxygens (including phenoxy) is 1. The summed E-state index contributed by atoms with van der Waals surface area (Å²) in [4.78, 5) is 12.2. The fourth-order valence-electron chi connectivity index (χ4n) is 2.84. The summed E-state index contributed by atoms with van der Waals surface area (Å²) in [5.74, 6) is 0.945. The van der Waals surface area contributed by atoms with Crippen LogP contribution in [0.15, 0.2) is 24.3 Å². The van der Waals surface area contributed by atoms with Gasteiger partial charge in [-0.15, -0.1) is 0 Å². The number of nitrogens with one attached hydrogen (secondary N) is 2. The molecule has 0 aliphatic heterocycles. The van der Waals surface area contributed by atoms with Gasteiger partial charge in [0.25, 0.3) is 0 Å². The van der Waals surface area contributed by atoms with E-state index >= 15 is 0 Å². The highest BCUT2D eigenvalue weighted by Gasteiger charge is 2.21. The third-order valence-corrected chi connectivity index (χ3v) is 4.21. The van der Waals surface area contributed by atoms with Gasteiger partial charge in [-0.3, -0.25) is 10.1 Å². The lowest BCUT2D eigenvalue weighted by atomic mass is 10.1. The van der Waals surface area contributed by atoms with Crippen molar-refractivity contribution in [3.05, 3.63) is 29.8 Å². The third kappa shape index (κ3) is 4.46. The van der Waals surface area contributed by atoms with Crippen LogP contribution in [0.25, 0.3) is 0 Å². The fraction of sp³-hybridized carbons (Fsp3) is 0.588. The van der Waals surface area contributed by atoms with Gasteiger partial charge >= 0.3 is 0 Å². The van der Waals surface area contributed by atoms with Crippen LogP contribution < -0.4 is 15.4 Å².